The van der Waals surface area contributed by atoms with Crippen LogP contribution in [0.1, 0.15) is 11.1 Å². The molecule has 0 unspecified atom stereocenters. The van der Waals surface area contributed by atoms with Crippen molar-refractivity contribution in [2.75, 3.05) is 10.6 Å². The van der Waals surface area contributed by atoms with Gasteiger partial charge in [-0.2, -0.15) is 0 Å². The van der Waals surface area contributed by atoms with Crippen LogP contribution in [0.3, 0.4) is 0 Å². The Labute approximate surface area is 302 Å². The zero-order valence-electron chi connectivity index (χ0n) is 25.2. The van der Waals surface area contributed by atoms with Gasteiger partial charge in [0.05, 0.1) is 24.5 Å². The molecule has 16 heteroatoms. The molecule has 0 heterocycles. The maximum atomic E-state index is 12.5. The van der Waals surface area contributed by atoms with Gasteiger partial charge in [0.25, 0.3) is 14.8 Å². The van der Waals surface area contributed by atoms with E-state index in [0.29, 0.717) is 52.3 Å². The lowest BCUT2D eigenvalue weighted by Gasteiger charge is -2.18. The lowest BCUT2D eigenvalue weighted by Crippen LogP contribution is -2.44. The largest absolute Gasteiger partial charge is 0.343 e. The Morgan fingerprint density at radius 1 is 0.729 bits per heavy atom. The topological polar surface area (TPSA) is 165 Å². The Morgan fingerprint density at radius 2 is 1.15 bits per heavy atom. The van der Waals surface area contributed by atoms with E-state index in [2.05, 4.69) is 53.7 Å². The molecule has 0 aromatic heterocycles. The van der Waals surface area contributed by atoms with Gasteiger partial charge in [-0.15, -0.1) is 0 Å². The normalized spacial score (nSPS) is 11.3. The van der Waals surface area contributed by atoms with Crippen LogP contribution < -0.4 is 21.1 Å². The van der Waals surface area contributed by atoms with Crippen LogP contribution in [-0.4, -0.2) is 51.1 Å². The van der Waals surface area contributed by atoms with Crippen LogP contribution in [0.4, 0.5) is 17.1 Å². The highest BCUT2D eigenvalue weighted by atomic mass is 127. The van der Waals surface area contributed by atoms with Gasteiger partial charge in [-0.25, -0.2) is 0 Å². The first-order valence-corrected chi connectivity index (χ1v) is 16.1. The van der Waals surface area contributed by atoms with Crippen molar-refractivity contribution >= 4 is 102 Å². The zero-order chi connectivity index (χ0) is 34.7. The Hall–Kier alpha value is -4.17. The minimum absolute atomic E-state index is 0.232. The summed E-state index contributed by atoms with van der Waals surface area (Å²) in [5.74, 6) is -0.557. The van der Waals surface area contributed by atoms with E-state index in [9.17, 15) is 19.2 Å². The average molecular weight is 794 g/mol. The first-order chi connectivity index (χ1) is 23.2. The number of halogens is 3. The molecule has 0 spiro atoms. The van der Waals surface area contributed by atoms with E-state index in [0.717, 1.165) is 14.7 Å². The summed E-state index contributed by atoms with van der Waals surface area (Å²) in [7, 11) is 2.39. The van der Waals surface area contributed by atoms with Gasteiger partial charge in [-0.1, -0.05) is 76.8 Å². The van der Waals surface area contributed by atoms with Crippen molar-refractivity contribution in [2.24, 2.45) is 5.11 Å². The molecule has 2 atom stereocenters. The molecule has 0 bridgehead atoms. The summed E-state index contributed by atoms with van der Waals surface area (Å²) in [5.41, 5.74) is 11.7. The number of azide groups is 1. The molecule has 0 aliphatic rings. The molecule has 0 saturated carbocycles. The molecular formula is C32H28B2Cl2IN7O4. The fraction of sp³-hybridized carbons (Fsp3) is 0.125. The Bertz CT molecular complexity index is 1730. The highest BCUT2D eigenvalue weighted by Gasteiger charge is 2.21. The van der Waals surface area contributed by atoms with Crippen molar-refractivity contribution in [3.8, 4) is 0 Å². The SMILES string of the molecule is O=C[B]N[C@@H](Cc1ccccc1Cl)C(=O)Nc1ccc(I)cc1.[N-]=[N+]=Nc1ccc(NC(=O)[C@H](Cc2ccccc2Cl)N[B]C=O)cc1. The zero-order valence-corrected chi connectivity index (χ0v) is 28.9. The summed E-state index contributed by atoms with van der Waals surface area (Å²) in [6.07, 6.45) is 1.87. The van der Waals surface area contributed by atoms with Gasteiger partial charge < -0.3 is 30.7 Å². The average Bonchev–Trinajstić information content (AvgIpc) is 3.09. The predicted molar refractivity (Wildman–Crippen MR) is 201 cm³/mol. The van der Waals surface area contributed by atoms with E-state index in [1.54, 1.807) is 42.5 Å². The molecule has 4 N–H and O–H groups in total. The van der Waals surface area contributed by atoms with Gasteiger partial charge in [0.15, 0.2) is 0 Å². The fourth-order valence-electron chi connectivity index (χ4n) is 4.19. The van der Waals surface area contributed by atoms with Gasteiger partial charge in [0.2, 0.25) is 11.8 Å². The van der Waals surface area contributed by atoms with Gasteiger partial charge in [0, 0.05) is 35.6 Å². The van der Waals surface area contributed by atoms with E-state index in [4.69, 9.17) is 28.7 Å². The third-order valence-electron chi connectivity index (χ3n) is 6.53. The first-order valence-electron chi connectivity index (χ1n) is 14.3. The number of carbonyl (C=O) groups excluding carboxylic acids is 4. The summed E-state index contributed by atoms with van der Waals surface area (Å²) in [6.45, 7) is 0. The van der Waals surface area contributed by atoms with Gasteiger partial charge >= 0.3 is 0 Å². The molecule has 4 aromatic rings. The Balaban J connectivity index is 0.000000261. The second-order valence-corrected chi connectivity index (χ2v) is 11.9. The smallest absolute Gasteiger partial charge is 0.291 e. The van der Waals surface area contributed by atoms with Crippen molar-refractivity contribution < 1.29 is 19.2 Å². The highest BCUT2D eigenvalue weighted by Crippen LogP contribution is 2.20. The van der Waals surface area contributed by atoms with Crippen LogP contribution in [-0.2, 0) is 32.0 Å². The van der Waals surface area contributed by atoms with E-state index >= 15 is 0 Å². The summed E-state index contributed by atoms with van der Waals surface area (Å²) >= 11 is 14.5. The number of nitrogens with one attached hydrogen (secondary N) is 4. The van der Waals surface area contributed by atoms with Crippen LogP contribution in [0, 0.1) is 3.57 Å². The fourth-order valence-corrected chi connectivity index (χ4v) is 4.97. The number of benzene rings is 4. The second kappa shape index (κ2) is 20.9. The van der Waals surface area contributed by atoms with Gasteiger partial charge in [-0.05, 0) is 101 Å². The molecule has 4 rings (SSSR count). The summed E-state index contributed by atoms with van der Waals surface area (Å²) in [5, 5.41) is 15.8. The number of amides is 2. The summed E-state index contributed by atoms with van der Waals surface area (Å²) < 4.78 is 1.08. The van der Waals surface area contributed by atoms with Crippen LogP contribution in [0.2, 0.25) is 10.0 Å². The van der Waals surface area contributed by atoms with E-state index in [-0.39, 0.29) is 11.8 Å². The number of carbonyl (C=O) groups is 4. The van der Waals surface area contributed by atoms with E-state index in [1.807, 2.05) is 54.6 Å². The minimum atomic E-state index is -0.679. The Morgan fingerprint density at radius 3 is 1.54 bits per heavy atom. The standard InChI is InChI=1S/C16H14BClIN2O2.C16H14BClN5O2/c18-14-4-2-1-3-11(14)9-15(21-17-10-22)16(23)20-13-7-5-12(19)6-8-13;18-14-4-2-1-3-11(14)9-15(21-17-10-24)16(25)20-12-5-7-13(8-6-12)22-23-19/h1-8,10,15,21H,9H2,(H,20,23);1-8,10,15,21H,9H2,(H,20,25)/t2*15-/m00/s1. The third kappa shape index (κ3) is 13.1. The lowest BCUT2D eigenvalue weighted by atomic mass is 9.93. The van der Waals surface area contributed by atoms with Crippen molar-refractivity contribution in [2.45, 2.75) is 24.9 Å². The third-order valence-corrected chi connectivity index (χ3v) is 7.99. The van der Waals surface area contributed by atoms with Gasteiger partial charge in [0.1, 0.15) is 0 Å². The van der Waals surface area contributed by atoms with Crippen LogP contribution in [0.25, 0.3) is 10.4 Å². The lowest BCUT2D eigenvalue weighted by molar-refractivity contribution is -0.118. The number of rotatable bonds is 15. The van der Waals surface area contributed by atoms with Crippen LogP contribution in [0.15, 0.2) is 102 Å². The Kier molecular flexibility index (Phi) is 16.7. The minimum Gasteiger partial charge on any atom is -0.343 e. The van der Waals surface area contributed by atoms with Crippen molar-refractivity contribution in [3.05, 3.63) is 132 Å². The molecule has 0 fully saturated rings. The van der Waals surface area contributed by atoms with Gasteiger partial charge in [-0.3, -0.25) is 9.59 Å². The second-order valence-electron chi connectivity index (χ2n) is 9.86. The quantitative estimate of drug-likeness (QED) is 0.0283. The first kappa shape index (κ1) is 38.3. The van der Waals surface area contributed by atoms with Crippen LogP contribution >= 0.6 is 45.8 Å². The highest BCUT2D eigenvalue weighted by molar-refractivity contribution is 14.1. The maximum absolute atomic E-state index is 12.5. The monoisotopic (exact) mass is 793 g/mol. The maximum Gasteiger partial charge on any atom is 0.291 e. The number of hydrogen-bond acceptors (Lipinski definition) is 7. The molecule has 0 saturated heterocycles. The molecule has 4 aromatic carbocycles. The summed E-state index contributed by atoms with van der Waals surface area (Å²) in [6, 6.07) is 27.1. The van der Waals surface area contributed by atoms with Crippen LogP contribution in [0.5, 0.6) is 0 Å². The predicted octanol–water partition coefficient (Wildman–Crippen LogP) is 6.12. The van der Waals surface area contributed by atoms with Crippen molar-refractivity contribution in [3.63, 3.8) is 0 Å². The summed E-state index contributed by atoms with van der Waals surface area (Å²) in [4.78, 5) is 48.8. The number of anilines is 2. The number of nitrogens with zero attached hydrogens (tertiary/aromatic N) is 3. The number of hydrogen-bond donors (Lipinski definition) is 4. The molecule has 0 aliphatic carbocycles. The molecule has 0 aliphatic heterocycles. The molecule has 2 radical (unpaired) electrons. The molecular weight excluding hydrogens is 766 g/mol. The van der Waals surface area contributed by atoms with Crippen molar-refractivity contribution in [1.29, 1.82) is 0 Å². The van der Waals surface area contributed by atoms with E-state index < -0.39 is 12.1 Å². The van der Waals surface area contributed by atoms with Crippen molar-refractivity contribution in [1.82, 2.24) is 10.5 Å². The molecule has 11 nitrogen and oxygen atoms in total. The van der Waals surface area contributed by atoms with E-state index in [1.165, 1.54) is 14.8 Å². The molecule has 242 valence electrons. The molecule has 48 heavy (non-hydrogen) atoms. The molecule has 2 amide bonds.